The number of rotatable bonds is 3. The Kier molecular flexibility index (Phi) is 5.45. The first-order chi connectivity index (χ1) is 10.1. The summed E-state index contributed by atoms with van der Waals surface area (Å²) < 4.78 is 28.3. The molecule has 0 radical (unpaired) electrons. The SMILES string of the molecule is CC1CNCCC1NS(=O)(=O)c1cccc2ccccc12.Cl. The molecule has 2 aromatic rings. The van der Waals surface area contributed by atoms with E-state index < -0.39 is 10.0 Å². The maximum atomic E-state index is 12.7. The van der Waals surface area contributed by atoms with Crippen molar-refractivity contribution in [2.24, 2.45) is 5.92 Å². The Balaban J connectivity index is 0.00000176. The van der Waals surface area contributed by atoms with Gasteiger partial charge in [0.25, 0.3) is 0 Å². The summed E-state index contributed by atoms with van der Waals surface area (Å²) in [5.41, 5.74) is 0. The van der Waals surface area contributed by atoms with E-state index in [2.05, 4.69) is 17.0 Å². The summed E-state index contributed by atoms with van der Waals surface area (Å²) in [5.74, 6) is 0.295. The number of nitrogens with one attached hydrogen (secondary N) is 2. The van der Waals surface area contributed by atoms with Crippen molar-refractivity contribution in [3.05, 3.63) is 42.5 Å². The number of piperidine rings is 1. The van der Waals surface area contributed by atoms with Crippen LogP contribution in [0.2, 0.25) is 0 Å². The van der Waals surface area contributed by atoms with Gasteiger partial charge in [0.05, 0.1) is 4.90 Å². The molecule has 0 saturated carbocycles. The lowest BCUT2D eigenvalue weighted by atomic mass is 9.97. The van der Waals surface area contributed by atoms with Gasteiger partial charge < -0.3 is 5.32 Å². The lowest BCUT2D eigenvalue weighted by molar-refractivity contribution is 0.328. The van der Waals surface area contributed by atoms with Crippen molar-refractivity contribution < 1.29 is 8.42 Å². The molecule has 3 rings (SSSR count). The molecule has 6 heteroatoms. The molecule has 1 saturated heterocycles. The van der Waals surface area contributed by atoms with Gasteiger partial charge in [0.15, 0.2) is 0 Å². The second kappa shape index (κ2) is 6.96. The Morgan fingerprint density at radius 3 is 2.64 bits per heavy atom. The largest absolute Gasteiger partial charge is 0.316 e. The molecule has 0 spiro atoms. The molecule has 2 N–H and O–H groups in total. The van der Waals surface area contributed by atoms with E-state index in [9.17, 15) is 8.42 Å². The third kappa shape index (κ3) is 3.43. The third-order valence-corrected chi connectivity index (χ3v) is 5.68. The molecule has 2 aromatic carbocycles. The highest BCUT2D eigenvalue weighted by molar-refractivity contribution is 7.89. The monoisotopic (exact) mass is 340 g/mol. The van der Waals surface area contributed by atoms with Gasteiger partial charge in [-0.05, 0) is 36.9 Å². The topological polar surface area (TPSA) is 58.2 Å². The van der Waals surface area contributed by atoms with Gasteiger partial charge in [0.1, 0.15) is 0 Å². The maximum absolute atomic E-state index is 12.7. The van der Waals surface area contributed by atoms with Crippen LogP contribution in [-0.2, 0) is 10.0 Å². The van der Waals surface area contributed by atoms with Crippen LogP contribution in [0.4, 0.5) is 0 Å². The quantitative estimate of drug-likeness (QED) is 0.902. The lowest BCUT2D eigenvalue weighted by Crippen LogP contribution is -2.48. The molecule has 0 aliphatic carbocycles. The minimum atomic E-state index is -3.50. The minimum Gasteiger partial charge on any atom is -0.316 e. The molecule has 22 heavy (non-hydrogen) atoms. The van der Waals surface area contributed by atoms with Gasteiger partial charge in [-0.1, -0.05) is 43.3 Å². The number of hydrogen-bond donors (Lipinski definition) is 2. The Bertz CT molecular complexity index is 743. The predicted molar refractivity (Wildman–Crippen MR) is 92.0 cm³/mol. The molecule has 4 nitrogen and oxygen atoms in total. The van der Waals surface area contributed by atoms with Gasteiger partial charge in [-0.25, -0.2) is 13.1 Å². The predicted octanol–water partition coefficient (Wildman–Crippen LogP) is 2.54. The third-order valence-electron chi connectivity index (χ3n) is 4.13. The summed E-state index contributed by atoms with van der Waals surface area (Å²) in [4.78, 5) is 0.367. The van der Waals surface area contributed by atoms with E-state index in [0.717, 1.165) is 30.3 Å². The Labute approximate surface area is 137 Å². The Morgan fingerprint density at radius 2 is 1.86 bits per heavy atom. The first-order valence-corrected chi connectivity index (χ1v) is 8.77. The van der Waals surface area contributed by atoms with Gasteiger partial charge in [0, 0.05) is 11.4 Å². The molecule has 0 aromatic heterocycles. The van der Waals surface area contributed by atoms with E-state index in [1.165, 1.54) is 0 Å². The second-order valence-electron chi connectivity index (χ2n) is 5.68. The Hall–Kier alpha value is -1.14. The van der Waals surface area contributed by atoms with Crippen molar-refractivity contribution in [3.8, 4) is 0 Å². The van der Waals surface area contributed by atoms with Crippen LogP contribution in [0.25, 0.3) is 10.8 Å². The van der Waals surface area contributed by atoms with Crippen molar-refractivity contribution >= 4 is 33.2 Å². The highest BCUT2D eigenvalue weighted by Gasteiger charge is 2.27. The van der Waals surface area contributed by atoms with Crippen LogP contribution >= 0.6 is 12.4 Å². The molecule has 0 bridgehead atoms. The molecule has 1 fully saturated rings. The molecule has 2 atom stereocenters. The first kappa shape index (κ1) is 17.2. The molecule has 1 aliphatic rings. The molecule has 1 heterocycles. The van der Waals surface area contributed by atoms with E-state index >= 15 is 0 Å². The van der Waals surface area contributed by atoms with Crippen molar-refractivity contribution in [3.63, 3.8) is 0 Å². The summed E-state index contributed by atoms with van der Waals surface area (Å²) in [6.07, 6.45) is 0.825. The van der Waals surface area contributed by atoms with E-state index in [-0.39, 0.29) is 18.4 Å². The number of sulfonamides is 1. The van der Waals surface area contributed by atoms with Crippen molar-refractivity contribution in [1.82, 2.24) is 10.0 Å². The maximum Gasteiger partial charge on any atom is 0.241 e. The van der Waals surface area contributed by atoms with Gasteiger partial charge >= 0.3 is 0 Å². The summed E-state index contributed by atoms with van der Waals surface area (Å²) in [7, 11) is -3.50. The number of fused-ring (bicyclic) bond motifs is 1. The summed E-state index contributed by atoms with van der Waals surface area (Å²) >= 11 is 0. The number of benzene rings is 2. The molecule has 2 unspecified atom stereocenters. The second-order valence-corrected chi connectivity index (χ2v) is 7.36. The van der Waals surface area contributed by atoms with Crippen molar-refractivity contribution in [2.75, 3.05) is 13.1 Å². The molecular weight excluding hydrogens is 320 g/mol. The summed E-state index contributed by atoms with van der Waals surface area (Å²) in [6.45, 7) is 3.78. The zero-order valence-electron chi connectivity index (χ0n) is 12.5. The van der Waals surface area contributed by atoms with Gasteiger partial charge in [-0.3, -0.25) is 0 Å². The van der Waals surface area contributed by atoms with Crippen LogP contribution in [0, 0.1) is 5.92 Å². The normalized spacial score (nSPS) is 22.2. The number of hydrogen-bond acceptors (Lipinski definition) is 3. The van der Waals surface area contributed by atoms with Crippen LogP contribution < -0.4 is 10.0 Å². The fourth-order valence-electron chi connectivity index (χ4n) is 2.88. The van der Waals surface area contributed by atoms with Crippen molar-refractivity contribution in [2.45, 2.75) is 24.3 Å². The summed E-state index contributed by atoms with van der Waals surface area (Å²) in [5, 5.41) is 5.00. The lowest BCUT2D eigenvalue weighted by Gasteiger charge is -2.30. The van der Waals surface area contributed by atoms with Gasteiger partial charge in [0.2, 0.25) is 10.0 Å². The zero-order valence-corrected chi connectivity index (χ0v) is 14.1. The minimum absolute atomic E-state index is 0. The van der Waals surface area contributed by atoms with Crippen LogP contribution in [0.5, 0.6) is 0 Å². The average Bonchev–Trinajstić information content (AvgIpc) is 2.49. The highest BCUT2D eigenvalue weighted by atomic mass is 35.5. The molecule has 0 amide bonds. The highest BCUT2D eigenvalue weighted by Crippen LogP contribution is 2.24. The standard InChI is InChI=1S/C16H20N2O2S.ClH/c1-12-11-17-10-9-15(12)18-21(19,20)16-8-4-6-13-5-2-3-7-14(13)16;/h2-8,12,15,17-18H,9-11H2,1H3;1H. The van der Waals surface area contributed by atoms with Gasteiger partial charge in [-0.15, -0.1) is 12.4 Å². The van der Waals surface area contributed by atoms with E-state index in [1.807, 2.05) is 30.3 Å². The smallest absolute Gasteiger partial charge is 0.241 e. The first-order valence-electron chi connectivity index (χ1n) is 7.29. The molecular formula is C16H21ClN2O2S. The van der Waals surface area contributed by atoms with Crippen LogP contribution in [-0.4, -0.2) is 27.5 Å². The fraction of sp³-hybridized carbons (Fsp3) is 0.375. The molecule has 120 valence electrons. The van der Waals surface area contributed by atoms with Crippen LogP contribution in [0.15, 0.2) is 47.4 Å². The van der Waals surface area contributed by atoms with Crippen LogP contribution in [0.1, 0.15) is 13.3 Å². The molecule has 1 aliphatic heterocycles. The zero-order chi connectivity index (χ0) is 14.9. The number of halogens is 1. The van der Waals surface area contributed by atoms with Crippen molar-refractivity contribution in [1.29, 1.82) is 0 Å². The summed E-state index contributed by atoms with van der Waals surface area (Å²) in [6, 6.07) is 13.0. The van der Waals surface area contributed by atoms with E-state index in [0.29, 0.717) is 10.8 Å². The Morgan fingerprint density at radius 1 is 1.14 bits per heavy atom. The van der Waals surface area contributed by atoms with E-state index in [4.69, 9.17) is 0 Å². The van der Waals surface area contributed by atoms with E-state index in [1.54, 1.807) is 12.1 Å². The van der Waals surface area contributed by atoms with Crippen LogP contribution in [0.3, 0.4) is 0 Å². The fourth-order valence-corrected chi connectivity index (χ4v) is 4.49. The average molecular weight is 341 g/mol. The van der Waals surface area contributed by atoms with Gasteiger partial charge in [-0.2, -0.15) is 0 Å².